The highest BCUT2D eigenvalue weighted by Gasteiger charge is 2.37. The van der Waals surface area contributed by atoms with Crippen LogP contribution in [0.25, 0.3) is 307 Å². The van der Waals surface area contributed by atoms with Gasteiger partial charge in [-0.3, -0.25) is 0 Å². The van der Waals surface area contributed by atoms with Gasteiger partial charge in [0.25, 0.3) is 0 Å². The fourth-order valence-electron chi connectivity index (χ4n) is 23.2. The second kappa shape index (κ2) is 33.8. The van der Waals surface area contributed by atoms with Crippen LogP contribution in [0.3, 0.4) is 0 Å². The van der Waals surface area contributed by atoms with Crippen LogP contribution in [0.15, 0.2) is 468 Å². The summed E-state index contributed by atoms with van der Waals surface area (Å²) in [6, 6.07) is 160. The first-order valence-electron chi connectivity index (χ1n) is 50.2. The molecular formula is C136H81N9O3S. The lowest BCUT2D eigenvalue weighted by molar-refractivity contribution is 0.661. The van der Waals surface area contributed by atoms with Crippen LogP contribution in [-0.2, 0) is 5.41 Å². The van der Waals surface area contributed by atoms with Crippen LogP contribution in [0.1, 0.15) is 25.0 Å². The molecule has 0 fully saturated rings. The molecule has 0 amide bonds. The third-order valence-electron chi connectivity index (χ3n) is 30.2. The van der Waals surface area contributed by atoms with Crippen LogP contribution in [0, 0.1) is 0 Å². The predicted octanol–water partition coefficient (Wildman–Crippen LogP) is 36.5. The van der Waals surface area contributed by atoms with E-state index >= 15 is 0 Å². The third-order valence-corrected chi connectivity index (χ3v) is 31.5. The topological polar surface area (TPSA) is 155 Å². The summed E-state index contributed by atoms with van der Waals surface area (Å²) in [6.45, 7) is 4.69. The largest absolute Gasteiger partial charge is 0.456 e. The van der Waals surface area contributed by atoms with Crippen LogP contribution >= 0.6 is 11.3 Å². The number of fused-ring (bicyclic) bond motifs is 36. The number of thiophene rings is 1. The Hall–Kier alpha value is -19.5. The van der Waals surface area contributed by atoms with E-state index in [2.05, 4.69) is 329 Å². The van der Waals surface area contributed by atoms with Crippen LogP contribution in [0.4, 0.5) is 0 Å². The highest BCUT2D eigenvalue weighted by Crippen LogP contribution is 2.54. The fourth-order valence-corrected chi connectivity index (χ4v) is 24.4. The zero-order valence-corrected chi connectivity index (χ0v) is 81.3. The van der Waals surface area contributed by atoms with Crippen molar-refractivity contribution in [3.63, 3.8) is 0 Å². The highest BCUT2D eigenvalue weighted by atomic mass is 32.1. The molecule has 0 N–H and O–H groups in total. The molecule has 694 valence electrons. The summed E-state index contributed by atoms with van der Waals surface area (Å²) >= 11 is 1.88. The van der Waals surface area contributed by atoms with Gasteiger partial charge in [-0.05, 0) is 193 Å². The van der Waals surface area contributed by atoms with E-state index in [-0.39, 0.29) is 5.41 Å². The molecule has 12 nitrogen and oxygen atoms in total. The summed E-state index contributed by atoms with van der Waals surface area (Å²) in [7, 11) is 0. The van der Waals surface area contributed by atoms with Crippen molar-refractivity contribution in [3.8, 4) is 114 Å². The standard InChI is InChI=1S/C46H31N3.C45H25N3O2.C45H25N3OS/c1-46(2)39-15-9-8-14-38(39)42-37-23-20-29-17-18-32-27-34(21-22-35(32)41(29)36(37)24-25-40(42)46)45-48-43(30-11-4-3-5-12-30)47-44(49-45)33-19-16-28-10-6-7-13-31(28)26-33;1-2-10-26(11-3-1)43-46-44(48-45(47-43)29-20-22-32-31-12-6-8-16-37(31)49-39(32)25-29)28-19-21-30-27(24-28)18-23-36-40(30)33-13-4-5-14-34(33)41-35-15-7-9-17-38(35)50-42(36)41;1-2-10-26(11-3-1)43-46-44(48-45(47-43)29-20-22-32-31-12-6-8-16-37(31)49-38(32)25-29)28-19-21-30-27(24-28)18-23-36-40(30)33-13-4-5-14-34(33)41-35-15-7-9-17-39(35)50-42(36)41/h3-27H,1-2H3;2*1-25H. The zero-order valence-electron chi connectivity index (χ0n) is 80.5. The summed E-state index contributed by atoms with van der Waals surface area (Å²) in [5.74, 6) is 5.67. The molecule has 31 aromatic rings. The Morgan fingerprint density at radius 1 is 0.181 bits per heavy atom. The van der Waals surface area contributed by atoms with Crippen molar-refractivity contribution in [1.82, 2.24) is 44.9 Å². The molecule has 0 atom stereocenters. The molecule has 0 aliphatic heterocycles. The van der Waals surface area contributed by atoms with Gasteiger partial charge in [-0.15, -0.1) is 11.3 Å². The zero-order chi connectivity index (χ0) is 98.2. The van der Waals surface area contributed by atoms with E-state index < -0.39 is 0 Å². The summed E-state index contributed by atoms with van der Waals surface area (Å²) in [6.07, 6.45) is 0. The van der Waals surface area contributed by atoms with E-state index in [4.69, 9.17) is 58.1 Å². The van der Waals surface area contributed by atoms with Crippen molar-refractivity contribution in [2.24, 2.45) is 0 Å². The maximum atomic E-state index is 6.54. The lowest BCUT2D eigenvalue weighted by Crippen LogP contribution is -2.14. The second-order valence-corrected chi connectivity index (χ2v) is 40.2. The van der Waals surface area contributed by atoms with Crippen LogP contribution in [-0.4, -0.2) is 44.9 Å². The van der Waals surface area contributed by atoms with Gasteiger partial charge in [0.05, 0.1) is 0 Å². The second-order valence-electron chi connectivity index (χ2n) is 39.2. The summed E-state index contributed by atoms with van der Waals surface area (Å²) in [4.78, 5) is 45.2. The van der Waals surface area contributed by atoms with Gasteiger partial charge in [0.1, 0.15) is 33.5 Å². The van der Waals surface area contributed by atoms with E-state index in [1.54, 1.807) is 0 Å². The first-order valence-corrected chi connectivity index (χ1v) is 51.1. The van der Waals surface area contributed by atoms with E-state index in [1.165, 1.54) is 118 Å². The molecule has 0 spiro atoms. The van der Waals surface area contributed by atoms with Crippen molar-refractivity contribution in [2.45, 2.75) is 19.3 Å². The number of hydrogen-bond donors (Lipinski definition) is 0. The maximum Gasteiger partial charge on any atom is 0.164 e. The summed E-state index contributed by atoms with van der Waals surface area (Å²) < 4.78 is 21.6. The monoisotopic (exact) mass is 1920 g/mol. The van der Waals surface area contributed by atoms with Gasteiger partial charge in [-0.2, -0.15) is 0 Å². The number of para-hydroxylation sites is 3. The van der Waals surface area contributed by atoms with Gasteiger partial charge in [0.15, 0.2) is 52.4 Å². The Labute approximate surface area is 855 Å². The molecule has 7 heterocycles. The summed E-state index contributed by atoms with van der Waals surface area (Å²) in [5, 5.41) is 33.5. The maximum absolute atomic E-state index is 6.54. The average molecular weight is 1920 g/mol. The number of nitrogens with zero attached hydrogens (tertiary/aromatic N) is 9. The average Bonchev–Trinajstić information content (AvgIpc) is 1.58. The number of aromatic nitrogens is 9. The molecule has 0 unspecified atom stereocenters. The van der Waals surface area contributed by atoms with Gasteiger partial charge in [-0.1, -0.05) is 390 Å². The molecule has 0 saturated carbocycles. The fraction of sp³-hybridized carbons (Fsp3) is 0.0221. The first-order chi connectivity index (χ1) is 73.6. The Balaban J connectivity index is 0.000000103. The Morgan fingerprint density at radius 3 is 1.03 bits per heavy atom. The van der Waals surface area contributed by atoms with E-state index in [9.17, 15) is 0 Å². The third kappa shape index (κ3) is 14.0. The van der Waals surface area contributed by atoms with E-state index in [0.717, 1.165) is 148 Å². The smallest absolute Gasteiger partial charge is 0.164 e. The van der Waals surface area contributed by atoms with Crippen molar-refractivity contribution in [2.75, 3.05) is 0 Å². The van der Waals surface area contributed by atoms with Gasteiger partial charge in [-0.25, -0.2) is 44.9 Å². The van der Waals surface area contributed by atoms with Gasteiger partial charge < -0.3 is 13.3 Å². The quantitative estimate of drug-likeness (QED) is 0.126. The SMILES string of the molecule is CC1(C)c2ccccc2-c2c1ccc1c2ccc2ccc3cc(-c4nc(-c5ccccc5)nc(-c5ccc6ccccc6c5)n4)ccc3c21.c1ccc(-c2nc(-c3ccc4c(ccc5c6oc7ccccc7c6c6ccccc6c45)c3)nc(-c3ccc4c(c3)oc3ccccc34)n2)cc1.c1ccc(-c2nc(-c3ccc4c(ccc5c6sc7ccccc7c6c6ccccc6c45)c3)nc(-c3ccc4c(c3)oc3ccccc34)n2)cc1. The Bertz CT molecular complexity index is 10700. The molecule has 149 heavy (non-hydrogen) atoms. The lowest BCUT2D eigenvalue weighted by Gasteiger charge is -2.21. The molecule has 13 heteroatoms. The van der Waals surface area contributed by atoms with Gasteiger partial charge >= 0.3 is 0 Å². The molecular weight excluding hydrogens is 1840 g/mol. The lowest BCUT2D eigenvalue weighted by atomic mass is 9.82. The van der Waals surface area contributed by atoms with Crippen molar-refractivity contribution < 1.29 is 13.3 Å². The molecule has 7 aromatic heterocycles. The molecule has 0 saturated heterocycles. The van der Waals surface area contributed by atoms with E-state index in [1.807, 2.05) is 151 Å². The predicted molar refractivity (Wildman–Crippen MR) is 616 cm³/mol. The Kier molecular flexibility index (Phi) is 19.3. The van der Waals surface area contributed by atoms with Crippen LogP contribution < -0.4 is 0 Å². The van der Waals surface area contributed by atoms with E-state index in [0.29, 0.717) is 52.4 Å². The normalized spacial score (nSPS) is 12.4. The molecule has 0 radical (unpaired) electrons. The van der Waals surface area contributed by atoms with Gasteiger partial charge in [0.2, 0.25) is 0 Å². The molecule has 1 aliphatic rings. The molecule has 32 rings (SSSR count). The number of benzene rings is 24. The number of hydrogen-bond acceptors (Lipinski definition) is 13. The van der Waals surface area contributed by atoms with Crippen LogP contribution in [0.5, 0.6) is 0 Å². The summed E-state index contributed by atoms with van der Waals surface area (Å²) in [5.41, 5.74) is 19.0. The minimum absolute atomic E-state index is 0.0302. The number of furan rings is 3. The Morgan fingerprint density at radius 2 is 0.503 bits per heavy atom. The minimum Gasteiger partial charge on any atom is -0.456 e. The molecule has 1 aliphatic carbocycles. The number of rotatable bonds is 9. The van der Waals surface area contributed by atoms with Crippen molar-refractivity contribution in [3.05, 3.63) is 466 Å². The van der Waals surface area contributed by atoms with Gasteiger partial charge in [0, 0.05) is 124 Å². The van der Waals surface area contributed by atoms with Crippen LogP contribution in [0.2, 0.25) is 0 Å². The first kappa shape index (κ1) is 85.1. The molecule has 24 aromatic carbocycles. The minimum atomic E-state index is -0.0302. The highest BCUT2D eigenvalue weighted by molar-refractivity contribution is 7.27. The van der Waals surface area contributed by atoms with Crippen molar-refractivity contribution in [1.29, 1.82) is 0 Å². The van der Waals surface area contributed by atoms with Crippen molar-refractivity contribution >= 4 is 205 Å². The molecule has 0 bridgehead atoms.